The van der Waals surface area contributed by atoms with E-state index in [0.717, 1.165) is 50.7 Å². The number of likely N-dealkylation sites (tertiary alicyclic amines) is 1. The molecule has 23 heavy (non-hydrogen) atoms. The first kappa shape index (κ1) is 15.9. The number of thiazole rings is 1. The van der Waals surface area contributed by atoms with Gasteiger partial charge in [-0.25, -0.2) is 9.97 Å². The third kappa shape index (κ3) is 4.07. The van der Waals surface area contributed by atoms with E-state index < -0.39 is 0 Å². The van der Waals surface area contributed by atoms with E-state index in [1.807, 2.05) is 13.2 Å². The van der Waals surface area contributed by atoms with Crippen LogP contribution in [0.4, 0.5) is 0 Å². The summed E-state index contributed by atoms with van der Waals surface area (Å²) in [7, 11) is 1.85. The Labute approximate surface area is 140 Å². The second-order valence-corrected chi connectivity index (χ2v) is 7.04. The van der Waals surface area contributed by atoms with E-state index in [-0.39, 0.29) is 0 Å². The van der Waals surface area contributed by atoms with Crippen LogP contribution in [-0.2, 0) is 6.42 Å². The van der Waals surface area contributed by atoms with Crippen molar-refractivity contribution in [1.29, 1.82) is 0 Å². The van der Waals surface area contributed by atoms with Crippen LogP contribution in [0, 0.1) is 6.92 Å². The summed E-state index contributed by atoms with van der Waals surface area (Å²) in [6.07, 6.45) is 6.60. The molecule has 0 radical (unpaired) electrons. The molecule has 1 aliphatic heterocycles. The lowest BCUT2D eigenvalue weighted by atomic mass is 9.96. The van der Waals surface area contributed by atoms with Crippen molar-refractivity contribution in [2.24, 2.45) is 4.99 Å². The predicted octanol–water partition coefficient (Wildman–Crippen LogP) is 1.57. The number of guanidine groups is 1. The second-order valence-electron chi connectivity index (χ2n) is 5.72. The van der Waals surface area contributed by atoms with Crippen molar-refractivity contribution in [3.63, 3.8) is 0 Å². The number of aromatic amines is 1. The van der Waals surface area contributed by atoms with Gasteiger partial charge in [-0.05, 0) is 19.8 Å². The maximum absolute atomic E-state index is 4.41. The molecule has 1 aliphatic rings. The van der Waals surface area contributed by atoms with Crippen LogP contribution in [0.3, 0.4) is 0 Å². The average molecular weight is 333 g/mol. The topological polar surface area (TPSA) is 82.1 Å². The monoisotopic (exact) mass is 333 g/mol. The molecule has 0 aromatic carbocycles. The van der Waals surface area contributed by atoms with Crippen molar-refractivity contribution >= 4 is 17.3 Å². The molecule has 2 aromatic rings. The van der Waals surface area contributed by atoms with E-state index in [0.29, 0.717) is 5.92 Å². The molecule has 1 saturated heterocycles. The molecule has 0 spiro atoms. The number of rotatable bonds is 4. The lowest BCUT2D eigenvalue weighted by Gasteiger charge is -2.33. The van der Waals surface area contributed by atoms with Crippen LogP contribution >= 0.6 is 11.3 Å². The van der Waals surface area contributed by atoms with Crippen LogP contribution in [0.5, 0.6) is 0 Å². The molecular formula is C15H23N7S. The first-order chi connectivity index (χ1) is 11.3. The van der Waals surface area contributed by atoms with Crippen molar-refractivity contribution in [2.75, 3.05) is 26.7 Å². The van der Waals surface area contributed by atoms with Gasteiger partial charge in [0.15, 0.2) is 5.96 Å². The Balaban J connectivity index is 1.46. The Hall–Kier alpha value is -1.96. The van der Waals surface area contributed by atoms with Crippen molar-refractivity contribution in [1.82, 2.24) is 30.4 Å². The minimum absolute atomic E-state index is 0.477. The molecule has 0 amide bonds. The highest BCUT2D eigenvalue weighted by Gasteiger charge is 2.24. The molecule has 0 bridgehead atoms. The van der Waals surface area contributed by atoms with Gasteiger partial charge in [0.2, 0.25) is 0 Å². The fourth-order valence-electron chi connectivity index (χ4n) is 2.91. The van der Waals surface area contributed by atoms with E-state index in [1.165, 1.54) is 9.88 Å². The molecule has 0 saturated carbocycles. The third-order valence-electron chi connectivity index (χ3n) is 4.12. The number of aryl methyl sites for hydroxylation is 1. The Bertz CT molecular complexity index is 626. The molecule has 3 heterocycles. The van der Waals surface area contributed by atoms with Gasteiger partial charge in [-0.15, -0.1) is 11.3 Å². The van der Waals surface area contributed by atoms with Crippen molar-refractivity contribution < 1.29 is 0 Å². The zero-order valence-electron chi connectivity index (χ0n) is 13.6. The van der Waals surface area contributed by atoms with Crippen molar-refractivity contribution in [3.05, 3.63) is 28.2 Å². The summed E-state index contributed by atoms with van der Waals surface area (Å²) in [5.41, 5.74) is 0. The number of nitrogens with zero attached hydrogens (tertiary/aromatic N) is 5. The molecular weight excluding hydrogens is 310 g/mol. The predicted molar refractivity (Wildman–Crippen MR) is 91.8 cm³/mol. The fraction of sp³-hybridized carbons (Fsp3) is 0.600. The van der Waals surface area contributed by atoms with Gasteiger partial charge in [0.05, 0.1) is 5.01 Å². The van der Waals surface area contributed by atoms with Gasteiger partial charge in [0, 0.05) is 50.1 Å². The average Bonchev–Trinajstić information content (AvgIpc) is 3.24. The fourth-order valence-corrected chi connectivity index (χ4v) is 3.69. The number of hydrogen-bond donors (Lipinski definition) is 2. The highest BCUT2D eigenvalue weighted by Crippen LogP contribution is 2.24. The highest BCUT2D eigenvalue weighted by atomic mass is 32.1. The van der Waals surface area contributed by atoms with E-state index in [4.69, 9.17) is 0 Å². The zero-order valence-corrected chi connectivity index (χ0v) is 14.4. The summed E-state index contributed by atoms with van der Waals surface area (Å²) in [4.78, 5) is 16.7. The lowest BCUT2D eigenvalue weighted by Crippen LogP contribution is -2.45. The van der Waals surface area contributed by atoms with Crippen LogP contribution in [0.25, 0.3) is 0 Å². The van der Waals surface area contributed by atoms with Crippen LogP contribution in [-0.4, -0.2) is 57.7 Å². The Morgan fingerprint density at radius 1 is 1.43 bits per heavy atom. The van der Waals surface area contributed by atoms with Gasteiger partial charge in [0.25, 0.3) is 0 Å². The van der Waals surface area contributed by atoms with E-state index >= 15 is 0 Å². The molecule has 2 aromatic heterocycles. The van der Waals surface area contributed by atoms with E-state index in [2.05, 4.69) is 42.3 Å². The molecule has 2 N–H and O–H groups in total. The Morgan fingerprint density at radius 3 is 2.87 bits per heavy atom. The summed E-state index contributed by atoms with van der Waals surface area (Å²) in [5, 5.41) is 11.6. The SMILES string of the molecule is CN=C(NCCc1ncc(C)s1)N1CCC(c2ncn[nH]2)CC1. The molecule has 3 rings (SSSR count). The lowest BCUT2D eigenvalue weighted by molar-refractivity contribution is 0.299. The van der Waals surface area contributed by atoms with Gasteiger partial charge in [-0.1, -0.05) is 0 Å². The van der Waals surface area contributed by atoms with Gasteiger partial charge < -0.3 is 10.2 Å². The molecule has 0 unspecified atom stereocenters. The second kappa shape index (κ2) is 7.54. The molecule has 124 valence electrons. The summed E-state index contributed by atoms with van der Waals surface area (Å²) in [6.45, 7) is 4.93. The largest absolute Gasteiger partial charge is 0.356 e. The molecule has 7 nitrogen and oxygen atoms in total. The zero-order chi connectivity index (χ0) is 16.1. The van der Waals surface area contributed by atoms with Gasteiger partial charge in [-0.3, -0.25) is 10.1 Å². The van der Waals surface area contributed by atoms with Crippen LogP contribution in [0.15, 0.2) is 17.5 Å². The van der Waals surface area contributed by atoms with Crippen molar-refractivity contribution in [2.45, 2.75) is 32.1 Å². The number of hydrogen-bond acceptors (Lipinski definition) is 5. The van der Waals surface area contributed by atoms with Gasteiger partial charge in [-0.2, -0.15) is 5.10 Å². The number of aromatic nitrogens is 4. The molecule has 1 fully saturated rings. The van der Waals surface area contributed by atoms with E-state index in [9.17, 15) is 0 Å². The van der Waals surface area contributed by atoms with Gasteiger partial charge >= 0.3 is 0 Å². The first-order valence-corrected chi connectivity index (χ1v) is 8.80. The minimum Gasteiger partial charge on any atom is -0.356 e. The Morgan fingerprint density at radius 2 is 2.26 bits per heavy atom. The van der Waals surface area contributed by atoms with Crippen LogP contribution in [0.1, 0.15) is 34.5 Å². The maximum Gasteiger partial charge on any atom is 0.193 e. The number of H-pyrrole nitrogens is 1. The summed E-state index contributed by atoms with van der Waals surface area (Å²) in [5.74, 6) is 2.46. The number of aliphatic imine (C=N–C) groups is 1. The maximum atomic E-state index is 4.41. The molecule has 0 atom stereocenters. The molecule has 8 heteroatoms. The first-order valence-electron chi connectivity index (χ1n) is 7.98. The van der Waals surface area contributed by atoms with Crippen LogP contribution < -0.4 is 5.32 Å². The Kier molecular flexibility index (Phi) is 5.22. The number of nitrogens with one attached hydrogen (secondary N) is 2. The highest BCUT2D eigenvalue weighted by molar-refractivity contribution is 7.11. The smallest absolute Gasteiger partial charge is 0.193 e. The quantitative estimate of drug-likeness (QED) is 0.655. The molecule has 0 aliphatic carbocycles. The normalized spacial score (nSPS) is 16.8. The summed E-state index contributed by atoms with van der Waals surface area (Å²) in [6, 6.07) is 0. The van der Waals surface area contributed by atoms with Crippen molar-refractivity contribution in [3.8, 4) is 0 Å². The van der Waals surface area contributed by atoms with E-state index in [1.54, 1.807) is 17.7 Å². The standard InChI is InChI=1S/C15H23N7S/c1-11-9-18-13(23-11)3-6-17-15(16-2)22-7-4-12(5-8-22)14-19-10-20-21-14/h9-10,12H,3-8H2,1-2H3,(H,16,17)(H,19,20,21). The number of piperidine rings is 1. The van der Waals surface area contributed by atoms with Gasteiger partial charge in [0.1, 0.15) is 12.2 Å². The summed E-state index contributed by atoms with van der Waals surface area (Å²) < 4.78 is 0. The summed E-state index contributed by atoms with van der Waals surface area (Å²) >= 11 is 1.76. The minimum atomic E-state index is 0.477. The third-order valence-corrected chi connectivity index (χ3v) is 5.09. The van der Waals surface area contributed by atoms with Crippen LogP contribution in [0.2, 0.25) is 0 Å².